The van der Waals surface area contributed by atoms with E-state index in [4.69, 9.17) is 10.5 Å². The molecule has 1 aromatic heterocycles. The highest BCUT2D eigenvalue weighted by Gasteiger charge is 2.17. The van der Waals surface area contributed by atoms with Crippen molar-refractivity contribution in [2.75, 3.05) is 12.8 Å². The zero-order valence-corrected chi connectivity index (χ0v) is 10.9. The fourth-order valence-corrected chi connectivity index (χ4v) is 2.71. The van der Waals surface area contributed by atoms with Crippen molar-refractivity contribution >= 4 is 22.6 Å². The van der Waals surface area contributed by atoms with Gasteiger partial charge in [-0.15, -0.1) is 0 Å². The van der Waals surface area contributed by atoms with Crippen LogP contribution in [0.25, 0.3) is 10.9 Å². The van der Waals surface area contributed by atoms with Crippen molar-refractivity contribution in [3.63, 3.8) is 0 Å². The van der Waals surface area contributed by atoms with E-state index >= 15 is 0 Å². The van der Waals surface area contributed by atoms with Crippen LogP contribution in [0, 0.1) is 0 Å². The molecular formula is C15H16N2O2. The van der Waals surface area contributed by atoms with Gasteiger partial charge >= 0.3 is 5.97 Å². The number of hydrogen-bond acceptors (Lipinski definition) is 4. The molecule has 0 saturated carbocycles. The number of benzene rings is 1. The maximum absolute atomic E-state index is 11.5. The Morgan fingerprint density at radius 2 is 2.11 bits per heavy atom. The maximum atomic E-state index is 11.5. The van der Waals surface area contributed by atoms with E-state index in [1.807, 2.05) is 6.07 Å². The largest absolute Gasteiger partial charge is 0.465 e. The van der Waals surface area contributed by atoms with E-state index < -0.39 is 0 Å². The number of methoxy groups -OCH3 is 1. The molecule has 0 aliphatic heterocycles. The Kier molecular flexibility index (Phi) is 2.85. The molecular weight excluding hydrogens is 240 g/mol. The number of aryl methyl sites for hydroxylation is 1. The summed E-state index contributed by atoms with van der Waals surface area (Å²) in [6.45, 7) is 0. The predicted octanol–water partition coefficient (Wildman–Crippen LogP) is 2.48. The van der Waals surface area contributed by atoms with Gasteiger partial charge < -0.3 is 10.5 Å². The topological polar surface area (TPSA) is 65.2 Å². The van der Waals surface area contributed by atoms with E-state index in [0.717, 1.165) is 41.5 Å². The van der Waals surface area contributed by atoms with E-state index in [1.54, 1.807) is 12.1 Å². The number of esters is 1. The molecule has 0 saturated heterocycles. The highest BCUT2D eigenvalue weighted by Crippen LogP contribution is 2.31. The average Bonchev–Trinajstić information content (AvgIpc) is 2.46. The molecule has 0 radical (unpaired) electrons. The molecule has 0 bridgehead atoms. The molecule has 98 valence electrons. The van der Waals surface area contributed by atoms with Gasteiger partial charge in [0.2, 0.25) is 0 Å². The lowest BCUT2D eigenvalue weighted by Crippen LogP contribution is -2.10. The number of fused-ring (bicyclic) bond motifs is 2. The normalized spacial score (nSPS) is 14.2. The van der Waals surface area contributed by atoms with Crippen molar-refractivity contribution in [1.82, 2.24) is 4.98 Å². The molecule has 1 aliphatic carbocycles. The smallest absolute Gasteiger partial charge is 0.337 e. The number of carbonyl (C=O) groups excluding carboxylic acids is 1. The summed E-state index contributed by atoms with van der Waals surface area (Å²) in [6, 6.07) is 5.35. The fourth-order valence-electron chi connectivity index (χ4n) is 2.71. The van der Waals surface area contributed by atoms with E-state index in [1.165, 1.54) is 19.1 Å². The van der Waals surface area contributed by atoms with Gasteiger partial charge in [0, 0.05) is 16.8 Å². The molecule has 0 fully saturated rings. The number of carbonyl (C=O) groups is 1. The third-order valence-corrected chi connectivity index (χ3v) is 3.73. The summed E-state index contributed by atoms with van der Waals surface area (Å²) in [5, 5.41) is 0.924. The van der Waals surface area contributed by atoms with Gasteiger partial charge in [0.05, 0.1) is 18.2 Å². The summed E-state index contributed by atoms with van der Waals surface area (Å²) >= 11 is 0. The summed E-state index contributed by atoms with van der Waals surface area (Å²) in [5.41, 5.74) is 10.6. The Morgan fingerprint density at radius 3 is 2.89 bits per heavy atom. The first-order valence-corrected chi connectivity index (χ1v) is 6.50. The third-order valence-electron chi connectivity index (χ3n) is 3.73. The lowest BCUT2D eigenvalue weighted by Gasteiger charge is -2.18. The number of nitrogen functional groups attached to an aromatic ring is 1. The SMILES string of the molecule is COC(=O)c1ccc2c(N)c3c(nc2c1)CCCC3. The molecule has 1 aliphatic rings. The Hall–Kier alpha value is -2.10. The lowest BCUT2D eigenvalue weighted by molar-refractivity contribution is 0.0601. The number of hydrogen-bond donors (Lipinski definition) is 1. The molecule has 4 nitrogen and oxygen atoms in total. The van der Waals surface area contributed by atoms with Crippen LogP contribution in [0.15, 0.2) is 18.2 Å². The summed E-state index contributed by atoms with van der Waals surface area (Å²) in [5.74, 6) is -0.347. The Morgan fingerprint density at radius 1 is 1.32 bits per heavy atom. The van der Waals surface area contributed by atoms with Crippen LogP contribution in [0.5, 0.6) is 0 Å². The van der Waals surface area contributed by atoms with Crippen LogP contribution in [-0.2, 0) is 17.6 Å². The molecule has 3 rings (SSSR count). The Bertz CT molecular complexity index is 665. The van der Waals surface area contributed by atoms with Gasteiger partial charge in [-0.1, -0.05) is 0 Å². The molecule has 2 aromatic rings. The van der Waals surface area contributed by atoms with Crippen LogP contribution in [0.4, 0.5) is 5.69 Å². The highest BCUT2D eigenvalue weighted by atomic mass is 16.5. The summed E-state index contributed by atoms with van der Waals surface area (Å²) in [6.07, 6.45) is 4.30. The van der Waals surface area contributed by atoms with Crippen molar-refractivity contribution < 1.29 is 9.53 Å². The fraction of sp³-hybridized carbons (Fsp3) is 0.333. The first-order valence-electron chi connectivity index (χ1n) is 6.50. The van der Waals surface area contributed by atoms with Gasteiger partial charge in [-0.2, -0.15) is 0 Å². The number of nitrogens with two attached hydrogens (primary N) is 1. The van der Waals surface area contributed by atoms with Crippen molar-refractivity contribution in [1.29, 1.82) is 0 Å². The van der Waals surface area contributed by atoms with Gasteiger partial charge in [0.1, 0.15) is 0 Å². The minimum absolute atomic E-state index is 0.347. The van der Waals surface area contributed by atoms with Crippen molar-refractivity contribution in [3.8, 4) is 0 Å². The second-order valence-electron chi connectivity index (χ2n) is 4.88. The van der Waals surface area contributed by atoms with Crippen molar-refractivity contribution in [2.24, 2.45) is 0 Å². The van der Waals surface area contributed by atoms with Gasteiger partial charge in [0.15, 0.2) is 0 Å². The van der Waals surface area contributed by atoms with Gasteiger partial charge in [0.25, 0.3) is 0 Å². The molecule has 19 heavy (non-hydrogen) atoms. The van der Waals surface area contributed by atoms with Crippen molar-refractivity contribution in [3.05, 3.63) is 35.0 Å². The zero-order chi connectivity index (χ0) is 13.4. The third kappa shape index (κ3) is 1.93. The molecule has 0 amide bonds. The summed E-state index contributed by atoms with van der Waals surface area (Å²) in [4.78, 5) is 16.2. The molecule has 1 heterocycles. The number of ether oxygens (including phenoxy) is 1. The molecule has 2 N–H and O–H groups in total. The molecule has 0 unspecified atom stereocenters. The average molecular weight is 256 g/mol. The molecule has 0 spiro atoms. The molecule has 1 aromatic carbocycles. The summed E-state index contributed by atoms with van der Waals surface area (Å²) in [7, 11) is 1.38. The van der Waals surface area contributed by atoms with E-state index in [-0.39, 0.29) is 5.97 Å². The summed E-state index contributed by atoms with van der Waals surface area (Å²) < 4.78 is 4.73. The first-order chi connectivity index (χ1) is 9.20. The minimum Gasteiger partial charge on any atom is -0.465 e. The van der Waals surface area contributed by atoms with Crippen LogP contribution >= 0.6 is 0 Å². The molecule has 0 atom stereocenters. The van der Waals surface area contributed by atoms with E-state index in [0.29, 0.717) is 5.56 Å². The predicted molar refractivity (Wildman–Crippen MR) is 74.1 cm³/mol. The van der Waals surface area contributed by atoms with E-state index in [9.17, 15) is 4.79 Å². The maximum Gasteiger partial charge on any atom is 0.337 e. The quantitative estimate of drug-likeness (QED) is 0.796. The van der Waals surface area contributed by atoms with Crippen LogP contribution in [0.2, 0.25) is 0 Å². The highest BCUT2D eigenvalue weighted by molar-refractivity contribution is 5.98. The van der Waals surface area contributed by atoms with Crippen LogP contribution in [0.3, 0.4) is 0 Å². The zero-order valence-electron chi connectivity index (χ0n) is 10.9. The van der Waals surface area contributed by atoms with Crippen LogP contribution in [-0.4, -0.2) is 18.1 Å². The van der Waals surface area contributed by atoms with Gasteiger partial charge in [-0.3, -0.25) is 4.98 Å². The van der Waals surface area contributed by atoms with Crippen LogP contribution in [0.1, 0.15) is 34.5 Å². The number of pyridine rings is 1. The lowest BCUT2D eigenvalue weighted by atomic mass is 9.92. The van der Waals surface area contributed by atoms with Gasteiger partial charge in [-0.05, 0) is 49.4 Å². The Balaban J connectivity index is 2.21. The monoisotopic (exact) mass is 256 g/mol. The van der Waals surface area contributed by atoms with Crippen LogP contribution < -0.4 is 5.73 Å². The standard InChI is InChI=1S/C15H16N2O2/c1-19-15(18)9-6-7-11-13(8-9)17-12-5-3-2-4-10(12)14(11)16/h6-8H,2-5H2,1H3,(H2,16,17). The molecule has 4 heteroatoms. The van der Waals surface area contributed by atoms with Gasteiger partial charge in [-0.25, -0.2) is 4.79 Å². The number of aromatic nitrogens is 1. The Labute approximate surface area is 111 Å². The minimum atomic E-state index is -0.347. The van der Waals surface area contributed by atoms with E-state index in [2.05, 4.69) is 4.98 Å². The first kappa shape index (κ1) is 12.0. The van der Waals surface area contributed by atoms with Crippen molar-refractivity contribution in [2.45, 2.75) is 25.7 Å². The number of nitrogens with zero attached hydrogens (tertiary/aromatic N) is 1. The second kappa shape index (κ2) is 4.53. The second-order valence-corrected chi connectivity index (χ2v) is 4.88. The number of anilines is 1. The number of rotatable bonds is 1.